The number of hydrogen-bond acceptors (Lipinski definition) is 10. The zero-order valence-corrected chi connectivity index (χ0v) is 27.7. The predicted octanol–water partition coefficient (Wildman–Crippen LogP) is 3.13. The van der Waals surface area contributed by atoms with Crippen molar-refractivity contribution < 1.29 is 42.8 Å². The first-order valence-corrected chi connectivity index (χ1v) is 16.3. The van der Waals surface area contributed by atoms with E-state index in [4.69, 9.17) is 28.4 Å². The van der Waals surface area contributed by atoms with E-state index < -0.39 is 0 Å². The first kappa shape index (κ1) is 36.6. The van der Waals surface area contributed by atoms with Crippen LogP contribution in [0.25, 0.3) is 0 Å². The van der Waals surface area contributed by atoms with E-state index in [1.54, 1.807) is 7.11 Å². The van der Waals surface area contributed by atoms with Crippen molar-refractivity contribution in [2.45, 2.75) is 115 Å². The lowest BCUT2D eigenvalue weighted by Crippen LogP contribution is -2.55. The Balaban J connectivity index is 1.23. The van der Waals surface area contributed by atoms with E-state index in [9.17, 15) is 14.4 Å². The first-order chi connectivity index (χ1) is 21.0. The monoisotopic (exact) mass is 624 g/mol. The summed E-state index contributed by atoms with van der Waals surface area (Å²) in [5.74, 6) is 0.0840. The van der Waals surface area contributed by atoms with Crippen molar-refractivity contribution in [1.82, 2.24) is 10.6 Å². The molecule has 2 saturated heterocycles. The van der Waals surface area contributed by atoms with E-state index in [0.717, 1.165) is 25.5 Å². The fraction of sp³-hybridized carbons (Fsp3) is 0.848. The molecule has 3 rings (SSSR count). The second kappa shape index (κ2) is 17.7. The van der Waals surface area contributed by atoms with Crippen LogP contribution in [0.4, 0.5) is 0 Å². The lowest BCUT2D eigenvalue weighted by molar-refractivity contribution is -0.172. The van der Waals surface area contributed by atoms with Gasteiger partial charge in [0.2, 0.25) is 5.91 Å². The Hall–Kier alpha value is -1.89. The summed E-state index contributed by atoms with van der Waals surface area (Å²) < 4.78 is 35.2. The number of carbonyl (C=O) groups is 3. The average molecular weight is 625 g/mol. The minimum atomic E-state index is -0.359. The van der Waals surface area contributed by atoms with Crippen LogP contribution in [0.3, 0.4) is 0 Å². The van der Waals surface area contributed by atoms with Gasteiger partial charge in [0, 0.05) is 39.6 Å². The third-order valence-corrected chi connectivity index (χ3v) is 8.78. The molecule has 2 heterocycles. The van der Waals surface area contributed by atoms with Gasteiger partial charge in [-0.25, -0.2) is 0 Å². The first-order valence-electron chi connectivity index (χ1n) is 16.3. The number of hydrogen-bond donors (Lipinski definition) is 2. The van der Waals surface area contributed by atoms with E-state index >= 15 is 0 Å². The number of carbonyl (C=O) groups excluding carboxylic acids is 3. The minimum absolute atomic E-state index is 0.00603. The number of epoxide rings is 2. The zero-order valence-electron chi connectivity index (χ0n) is 27.7. The molecular formula is C33H56N2O9. The molecule has 1 amide bonds. The third-order valence-electron chi connectivity index (χ3n) is 8.78. The molecule has 3 aliphatic rings. The molecule has 2 aliphatic heterocycles. The zero-order chi connectivity index (χ0) is 32.2. The van der Waals surface area contributed by atoms with Crippen LogP contribution in [0.1, 0.15) is 79.6 Å². The Morgan fingerprint density at radius 2 is 1.80 bits per heavy atom. The summed E-state index contributed by atoms with van der Waals surface area (Å²) in [5.41, 5.74) is 0.664. The highest BCUT2D eigenvalue weighted by Crippen LogP contribution is 2.59. The molecule has 44 heavy (non-hydrogen) atoms. The van der Waals surface area contributed by atoms with Crippen LogP contribution in [-0.4, -0.2) is 107 Å². The number of rotatable bonds is 22. The molecule has 11 heteroatoms. The molecular weight excluding hydrogens is 568 g/mol. The molecule has 0 aromatic carbocycles. The maximum atomic E-state index is 12.7. The van der Waals surface area contributed by atoms with E-state index in [-0.39, 0.29) is 59.8 Å². The van der Waals surface area contributed by atoms with Gasteiger partial charge in [-0.2, -0.15) is 0 Å². The Morgan fingerprint density at radius 1 is 1.07 bits per heavy atom. The van der Waals surface area contributed by atoms with E-state index in [1.807, 2.05) is 0 Å². The molecule has 3 unspecified atom stereocenters. The fourth-order valence-corrected chi connectivity index (χ4v) is 6.36. The highest BCUT2D eigenvalue weighted by Gasteiger charge is 2.72. The van der Waals surface area contributed by atoms with Gasteiger partial charge in [0.25, 0.3) is 0 Å². The maximum absolute atomic E-state index is 12.7. The molecule has 0 aromatic rings. The standard InChI is InChI=1S/C33H56N2O9/c1-23(2)9-10-27-32(5,44-27)31-30(39-6)26(11-13-33(31)22-42-33)43-29(38)8-7-16-40-18-19-41-17-15-35-28(37)12-14-34-25(21-36)20-24(3)4/h9,21,24-27,30-31,34H,7-8,10-20,22H2,1-6H3,(H,35,37)/t25-,26?,27+,30?,31?,32-,33-/m0/s1. The van der Waals surface area contributed by atoms with Crippen molar-refractivity contribution in [3.05, 3.63) is 11.6 Å². The Kier molecular flexibility index (Phi) is 14.7. The third kappa shape index (κ3) is 11.2. The fourth-order valence-electron chi connectivity index (χ4n) is 6.36. The van der Waals surface area contributed by atoms with E-state index in [0.29, 0.717) is 71.3 Å². The van der Waals surface area contributed by atoms with Crippen molar-refractivity contribution >= 4 is 18.2 Å². The highest BCUT2D eigenvalue weighted by atomic mass is 16.6. The van der Waals surface area contributed by atoms with Gasteiger partial charge in [-0.1, -0.05) is 25.5 Å². The molecule has 0 bridgehead atoms. The van der Waals surface area contributed by atoms with Crippen LogP contribution < -0.4 is 10.6 Å². The quantitative estimate of drug-likeness (QED) is 0.0608. The van der Waals surface area contributed by atoms with Crippen molar-refractivity contribution in [2.75, 3.05) is 53.2 Å². The summed E-state index contributed by atoms with van der Waals surface area (Å²) in [6, 6.07) is -0.216. The molecule has 2 N–H and O–H groups in total. The summed E-state index contributed by atoms with van der Waals surface area (Å²) in [7, 11) is 1.68. The number of amides is 1. The number of allylic oxidation sites excluding steroid dienone is 1. The van der Waals surface area contributed by atoms with Crippen molar-refractivity contribution in [3.8, 4) is 0 Å². The second-order valence-corrected chi connectivity index (χ2v) is 13.2. The molecule has 1 spiro atoms. The van der Waals surface area contributed by atoms with Crippen LogP contribution in [0.15, 0.2) is 11.6 Å². The van der Waals surface area contributed by atoms with Crippen molar-refractivity contribution in [2.24, 2.45) is 11.8 Å². The highest BCUT2D eigenvalue weighted by molar-refractivity contribution is 5.76. The summed E-state index contributed by atoms with van der Waals surface area (Å²) in [6.07, 6.45) is 6.87. The van der Waals surface area contributed by atoms with Gasteiger partial charge >= 0.3 is 5.97 Å². The molecule has 7 atom stereocenters. The van der Waals surface area contributed by atoms with Crippen LogP contribution in [0.2, 0.25) is 0 Å². The van der Waals surface area contributed by atoms with E-state index in [2.05, 4.69) is 51.3 Å². The SMILES string of the molecule is COC1C(OC(=O)CCCOCCOCCNC(=O)CCN[C@H](C=O)CC(C)C)CC[C@]2(CO2)C1[C@@]1(C)O[C@@H]1CC=C(C)C. The van der Waals surface area contributed by atoms with E-state index in [1.165, 1.54) is 5.57 Å². The minimum Gasteiger partial charge on any atom is -0.460 e. The van der Waals surface area contributed by atoms with Crippen LogP contribution in [-0.2, 0) is 42.8 Å². The summed E-state index contributed by atoms with van der Waals surface area (Å²) in [5, 5.41) is 5.90. The number of methoxy groups -OCH3 is 1. The second-order valence-electron chi connectivity index (χ2n) is 13.2. The Labute approximate surface area is 263 Å². The summed E-state index contributed by atoms with van der Waals surface area (Å²) in [6.45, 7) is 13.6. The smallest absolute Gasteiger partial charge is 0.306 e. The van der Waals surface area contributed by atoms with Gasteiger partial charge < -0.3 is 43.8 Å². The lowest BCUT2D eigenvalue weighted by Gasteiger charge is -2.42. The van der Waals surface area contributed by atoms with Crippen molar-refractivity contribution in [1.29, 1.82) is 0 Å². The number of nitrogens with one attached hydrogen (secondary N) is 2. The van der Waals surface area contributed by atoms with Gasteiger partial charge in [-0.05, 0) is 58.8 Å². The largest absolute Gasteiger partial charge is 0.460 e. The topological polar surface area (TPSA) is 137 Å². The summed E-state index contributed by atoms with van der Waals surface area (Å²) in [4.78, 5) is 35.7. The van der Waals surface area contributed by atoms with Gasteiger partial charge in [0.05, 0.1) is 44.5 Å². The molecule has 0 radical (unpaired) electrons. The lowest BCUT2D eigenvalue weighted by atomic mass is 9.68. The van der Waals surface area contributed by atoms with Crippen LogP contribution in [0, 0.1) is 11.8 Å². The number of aldehydes is 1. The molecule has 1 aliphatic carbocycles. The molecule has 252 valence electrons. The van der Waals surface area contributed by atoms with Gasteiger partial charge in [0.1, 0.15) is 29.7 Å². The average Bonchev–Trinajstić information content (AvgIpc) is 3.89. The molecule has 0 aromatic heterocycles. The van der Waals surface area contributed by atoms with Gasteiger partial charge in [-0.3, -0.25) is 9.59 Å². The normalized spacial score (nSPS) is 29.7. The molecule has 1 saturated carbocycles. The van der Waals surface area contributed by atoms with Gasteiger partial charge in [-0.15, -0.1) is 0 Å². The Bertz CT molecular complexity index is 950. The maximum Gasteiger partial charge on any atom is 0.306 e. The number of ether oxygens (including phenoxy) is 6. The molecule has 11 nitrogen and oxygen atoms in total. The van der Waals surface area contributed by atoms with Crippen LogP contribution >= 0.6 is 0 Å². The summed E-state index contributed by atoms with van der Waals surface area (Å²) >= 11 is 0. The number of esters is 1. The van der Waals surface area contributed by atoms with Crippen molar-refractivity contribution in [3.63, 3.8) is 0 Å². The van der Waals surface area contributed by atoms with Gasteiger partial charge in [0.15, 0.2) is 0 Å². The molecule has 3 fully saturated rings. The Morgan fingerprint density at radius 3 is 2.43 bits per heavy atom. The predicted molar refractivity (Wildman–Crippen MR) is 165 cm³/mol. The van der Waals surface area contributed by atoms with Crippen LogP contribution in [0.5, 0.6) is 0 Å².